The van der Waals surface area contributed by atoms with E-state index in [2.05, 4.69) is 184 Å². The molecular weight excluding hydrogens is 711 g/mol. The monoisotopic (exact) mass is 763 g/mol. The van der Waals surface area contributed by atoms with E-state index in [1.807, 2.05) is 0 Å². The maximum atomic E-state index is 2.65. The zero-order chi connectivity index (χ0) is 39.5. The van der Waals surface area contributed by atoms with E-state index < -0.39 is 0 Å². The van der Waals surface area contributed by atoms with Gasteiger partial charge in [0.1, 0.15) is 0 Å². The van der Waals surface area contributed by atoms with Crippen molar-refractivity contribution in [3.63, 3.8) is 0 Å². The summed E-state index contributed by atoms with van der Waals surface area (Å²) in [6.45, 7) is 9.73. The summed E-state index contributed by atoms with van der Waals surface area (Å²) in [6, 6.07) is 58.7. The van der Waals surface area contributed by atoms with Crippen LogP contribution in [0.15, 0.2) is 152 Å². The van der Waals surface area contributed by atoms with Gasteiger partial charge in [0, 0.05) is 22.5 Å². The van der Waals surface area contributed by atoms with Crippen molar-refractivity contribution in [3.8, 4) is 33.4 Å². The number of rotatable bonds is 5. The first-order valence-corrected chi connectivity index (χ1v) is 22.5. The molecule has 7 aromatic rings. The van der Waals surface area contributed by atoms with Crippen LogP contribution >= 0.6 is 0 Å². The van der Waals surface area contributed by atoms with E-state index in [4.69, 9.17) is 0 Å². The van der Waals surface area contributed by atoms with Crippen LogP contribution in [-0.2, 0) is 16.2 Å². The standard InChI is InChI=1S/C58H53N/c1-55(2)26-27-56(3,4)52-32-42(20-25-50(52)55)40-12-9-13-45(31-40)59(44-21-18-38(19-22-44)41-17-16-37-10-5-6-11-39(37)30-41)46-23-24-48-47-14-7-8-15-49(47)58(51(48)34-46)53-29-36-28-43-33-54(58)57(43,53)35-36/h5-25,30-32,34,36,43,53-54H,26-29,33,35H2,1-4H3. The summed E-state index contributed by atoms with van der Waals surface area (Å²) in [6.07, 6.45) is 8.27. The molecule has 6 aliphatic rings. The SMILES string of the molecule is CC1(C)CCC(C)(C)c2cc(-c3cccc(N(c4ccc(-c5ccc6ccccc6c5)cc4)c4ccc5c(c4)C4(c6ccccc6-5)C5CC6CC7CC4C75C6)c3)ccc21. The first-order valence-electron chi connectivity index (χ1n) is 22.5. The Hall–Kier alpha value is -5.40. The maximum Gasteiger partial charge on any atom is 0.0467 e. The van der Waals surface area contributed by atoms with Gasteiger partial charge in [0.05, 0.1) is 0 Å². The van der Waals surface area contributed by atoms with Crippen molar-refractivity contribution in [1.82, 2.24) is 0 Å². The highest BCUT2D eigenvalue weighted by molar-refractivity contribution is 5.90. The normalized spacial score (nSPS) is 28.0. The molecule has 7 aromatic carbocycles. The first kappa shape index (κ1) is 34.5. The van der Waals surface area contributed by atoms with E-state index >= 15 is 0 Å². The minimum absolute atomic E-state index is 0.158. The predicted octanol–water partition coefficient (Wildman–Crippen LogP) is 15.3. The van der Waals surface area contributed by atoms with Crippen LogP contribution in [0.4, 0.5) is 17.1 Å². The Morgan fingerprint density at radius 3 is 1.95 bits per heavy atom. The summed E-state index contributed by atoms with van der Waals surface area (Å²) in [7, 11) is 0. The summed E-state index contributed by atoms with van der Waals surface area (Å²) >= 11 is 0. The number of benzene rings is 7. The van der Waals surface area contributed by atoms with Gasteiger partial charge in [0.25, 0.3) is 0 Å². The second-order valence-corrected chi connectivity index (χ2v) is 20.9. The number of hydrogen-bond acceptors (Lipinski definition) is 1. The topological polar surface area (TPSA) is 3.24 Å². The fraction of sp³-hybridized carbons (Fsp3) is 0.310. The molecule has 0 amide bonds. The Kier molecular flexibility index (Phi) is 6.81. The molecule has 6 unspecified atom stereocenters. The molecule has 4 saturated carbocycles. The van der Waals surface area contributed by atoms with E-state index in [1.165, 1.54) is 111 Å². The summed E-state index contributed by atoms with van der Waals surface area (Å²) in [5.74, 6) is 3.48. The van der Waals surface area contributed by atoms with Crippen LogP contribution < -0.4 is 4.90 Å². The average molecular weight is 764 g/mol. The van der Waals surface area contributed by atoms with E-state index in [-0.39, 0.29) is 16.2 Å². The fourth-order valence-corrected chi connectivity index (χ4v) is 14.7. The lowest BCUT2D eigenvalue weighted by Gasteiger charge is -2.76. The molecule has 13 rings (SSSR count). The highest BCUT2D eigenvalue weighted by Crippen LogP contribution is 2.89. The Balaban J connectivity index is 0.960. The van der Waals surface area contributed by atoms with Crippen LogP contribution in [0.25, 0.3) is 44.2 Å². The van der Waals surface area contributed by atoms with Crippen LogP contribution in [0.2, 0.25) is 0 Å². The van der Waals surface area contributed by atoms with Gasteiger partial charge in [-0.2, -0.15) is 0 Å². The summed E-state index contributed by atoms with van der Waals surface area (Å²) in [4.78, 5) is 2.55. The molecule has 4 fully saturated rings. The van der Waals surface area contributed by atoms with Crippen molar-refractivity contribution in [2.24, 2.45) is 29.1 Å². The van der Waals surface area contributed by atoms with E-state index in [0.717, 1.165) is 23.7 Å². The average Bonchev–Trinajstić information content (AvgIpc) is 3.89. The zero-order valence-corrected chi connectivity index (χ0v) is 34.9. The third-order valence-corrected chi connectivity index (χ3v) is 17.4. The molecular formula is C58H53N. The molecule has 1 heteroatoms. The Labute approximate surface area is 350 Å². The summed E-state index contributed by atoms with van der Waals surface area (Å²) in [5, 5.41) is 2.56. The molecule has 290 valence electrons. The van der Waals surface area contributed by atoms with E-state index in [9.17, 15) is 0 Å². The molecule has 0 heterocycles. The quantitative estimate of drug-likeness (QED) is 0.169. The highest BCUT2D eigenvalue weighted by atomic mass is 15.1. The van der Waals surface area contributed by atoms with Crippen molar-refractivity contribution in [2.75, 3.05) is 4.90 Å². The number of anilines is 3. The minimum Gasteiger partial charge on any atom is -0.310 e. The van der Waals surface area contributed by atoms with Gasteiger partial charge in [-0.15, -0.1) is 0 Å². The predicted molar refractivity (Wildman–Crippen MR) is 246 cm³/mol. The summed E-state index contributed by atoms with van der Waals surface area (Å²) in [5.41, 5.74) is 19.1. The maximum absolute atomic E-state index is 2.65. The third kappa shape index (κ3) is 4.47. The van der Waals surface area contributed by atoms with Crippen molar-refractivity contribution in [3.05, 3.63) is 174 Å². The smallest absolute Gasteiger partial charge is 0.0467 e. The Morgan fingerprint density at radius 2 is 1.10 bits per heavy atom. The molecule has 0 radical (unpaired) electrons. The molecule has 0 N–H and O–H groups in total. The highest BCUT2D eigenvalue weighted by Gasteiger charge is 2.84. The van der Waals surface area contributed by atoms with Crippen molar-refractivity contribution >= 4 is 27.8 Å². The molecule has 59 heavy (non-hydrogen) atoms. The van der Waals surface area contributed by atoms with Gasteiger partial charge in [-0.3, -0.25) is 0 Å². The molecule has 6 atom stereocenters. The number of hydrogen-bond donors (Lipinski definition) is 0. The lowest BCUT2D eigenvalue weighted by atomic mass is 9.27. The van der Waals surface area contributed by atoms with Crippen LogP contribution in [0.5, 0.6) is 0 Å². The first-order chi connectivity index (χ1) is 28.6. The Morgan fingerprint density at radius 1 is 0.441 bits per heavy atom. The van der Waals surface area contributed by atoms with Gasteiger partial charge in [-0.1, -0.05) is 137 Å². The van der Waals surface area contributed by atoms with Crippen LogP contribution in [0, 0.1) is 29.1 Å². The molecule has 0 aliphatic heterocycles. The van der Waals surface area contributed by atoms with Crippen LogP contribution in [0.1, 0.15) is 88.5 Å². The van der Waals surface area contributed by atoms with Gasteiger partial charge >= 0.3 is 0 Å². The number of fused-ring (bicyclic) bond motifs is 10. The minimum atomic E-state index is 0.158. The molecule has 2 spiro atoms. The number of nitrogens with zero attached hydrogens (tertiary/aromatic N) is 1. The van der Waals surface area contributed by atoms with Gasteiger partial charge < -0.3 is 4.90 Å². The van der Waals surface area contributed by atoms with Gasteiger partial charge in [-0.05, 0) is 187 Å². The van der Waals surface area contributed by atoms with Crippen molar-refractivity contribution in [1.29, 1.82) is 0 Å². The second-order valence-electron chi connectivity index (χ2n) is 20.9. The second kappa shape index (κ2) is 11.7. The van der Waals surface area contributed by atoms with E-state index in [1.54, 1.807) is 11.1 Å². The lowest BCUT2D eigenvalue weighted by molar-refractivity contribution is -0.231. The van der Waals surface area contributed by atoms with Crippen LogP contribution in [0.3, 0.4) is 0 Å². The molecule has 6 aliphatic carbocycles. The fourth-order valence-electron chi connectivity index (χ4n) is 14.7. The molecule has 1 nitrogen and oxygen atoms in total. The largest absolute Gasteiger partial charge is 0.310 e. The van der Waals surface area contributed by atoms with E-state index in [0.29, 0.717) is 5.41 Å². The van der Waals surface area contributed by atoms with Crippen LogP contribution in [-0.4, -0.2) is 0 Å². The molecule has 0 aromatic heterocycles. The molecule has 0 saturated heterocycles. The van der Waals surface area contributed by atoms with Gasteiger partial charge in [-0.25, -0.2) is 0 Å². The Bertz CT molecular complexity index is 2890. The van der Waals surface area contributed by atoms with Gasteiger partial charge in [0.15, 0.2) is 0 Å². The zero-order valence-electron chi connectivity index (χ0n) is 34.9. The lowest BCUT2D eigenvalue weighted by Crippen LogP contribution is -2.73. The molecule has 2 bridgehead atoms. The van der Waals surface area contributed by atoms with Gasteiger partial charge in [0.2, 0.25) is 0 Å². The van der Waals surface area contributed by atoms with Crippen molar-refractivity contribution < 1.29 is 0 Å². The third-order valence-electron chi connectivity index (χ3n) is 17.4. The van der Waals surface area contributed by atoms with Crippen molar-refractivity contribution in [2.45, 2.75) is 82.5 Å². The summed E-state index contributed by atoms with van der Waals surface area (Å²) < 4.78 is 0.